The molecular weight excluding hydrogens is 464 g/mol. The number of aromatic nitrogens is 2. The van der Waals surface area contributed by atoms with Gasteiger partial charge in [-0.3, -0.25) is 4.79 Å². The van der Waals surface area contributed by atoms with Crippen molar-refractivity contribution in [2.75, 3.05) is 0 Å². The molecule has 0 saturated carbocycles. The van der Waals surface area contributed by atoms with E-state index in [2.05, 4.69) is 121 Å². The smallest absolute Gasteiger partial charge is 0.150 e. The van der Waals surface area contributed by atoms with Crippen LogP contribution < -0.4 is 0 Å². The molecule has 184 valence electrons. The van der Waals surface area contributed by atoms with Gasteiger partial charge in [0.1, 0.15) is 11.8 Å². The van der Waals surface area contributed by atoms with Crippen molar-refractivity contribution in [2.24, 2.45) is 0 Å². The van der Waals surface area contributed by atoms with Crippen LogP contribution in [0.3, 0.4) is 0 Å². The SMILES string of the molecule is Cc1cc(-c2cc3ncn(C(c4ccccc4)(c4ccccc4)c4ccccc4)c3cc2C)ccc1C=O. The normalized spacial score (nSPS) is 11.5. The fourth-order valence-electron chi connectivity index (χ4n) is 5.67. The Kier molecular flexibility index (Phi) is 5.97. The van der Waals surface area contributed by atoms with E-state index in [1.807, 2.05) is 25.4 Å². The Labute approximate surface area is 223 Å². The highest BCUT2D eigenvalue weighted by Gasteiger charge is 2.39. The molecule has 0 bridgehead atoms. The van der Waals surface area contributed by atoms with Gasteiger partial charge < -0.3 is 4.57 Å². The van der Waals surface area contributed by atoms with Gasteiger partial charge in [-0.05, 0) is 64.9 Å². The van der Waals surface area contributed by atoms with Crippen LogP contribution >= 0.6 is 0 Å². The summed E-state index contributed by atoms with van der Waals surface area (Å²) in [4.78, 5) is 16.3. The van der Waals surface area contributed by atoms with Gasteiger partial charge in [-0.1, -0.05) is 109 Å². The predicted molar refractivity (Wildman–Crippen MR) is 155 cm³/mol. The lowest BCUT2D eigenvalue weighted by Crippen LogP contribution is -2.37. The maximum absolute atomic E-state index is 11.4. The molecule has 0 fully saturated rings. The molecule has 0 aliphatic carbocycles. The van der Waals surface area contributed by atoms with Crippen molar-refractivity contribution in [2.45, 2.75) is 19.4 Å². The van der Waals surface area contributed by atoms with Gasteiger partial charge in [0.2, 0.25) is 0 Å². The van der Waals surface area contributed by atoms with E-state index in [1.54, 1.807) is 0 Å². The number of fused-ring (bicyclic) bond motifs is 1. The summed E-state index contributed by atoms with van der Waals surface area (Å²) in [5.41, 5.74) is 9.91. The molecule has 38 heavy (non-hydrogen) atoms. The van der Waals surface area contributed by atoms with Gasteiger partial charge in [0.15, 0.2) is 0 Å². The number of imidazole rings is 1. The average Bonchev–Trinajstić information content (AvgIpc) is 3.37. The maximum Gasteiger partial charge on any atom is 0.150 e. The van der Waals surface area contributed by atoms with Crippen molar-refractivity contribution >= 4 is 17.3 Å². The van der Waals surface area contributed by atoms with Crippen LogP contribution in [0, 0.1) is 13.8 Å². The lowest BCUT2D eigenvalue weighted by Gasteiger charge is -2.38. The lowest BCUT2D eigenvalue weighted by molar-refractivity contribution is 0.112. The quantitative estimate of drug-likeness (QED) is 0.175. The number of hydrogen-bond donors (Lipinski definition) is 0. The van der Waals surface area contributed by atoms with Crippen LogP contribution in [0.5, 0.6) is 0 Å². The van der Waals surface area contributed by atoms with Gasteiger partial charge >= 0.3 is 0 Å². The van der Waals surface area contributed by atoms with Gasteiger partial charge in [-0.25, -0.2) is 4.98 Å². The molecule has 6 rings (SSSR count). The minimum Gasteiger partial charge on any atom is -0.312 e. The highest BCUT2D eigenvalue weighted by molar-refractivity contribution is 5.86. The number of benzene rings is 5. The van der Waals surface area contributed by atoms with Gasteiger partial charge in [0, 0.05) is 5.56 Å². The molecule has 3 nitrogen and oxygen atoms in total. The van der Waals surface area contributed by atoms with Crippen molar-refractivity contribution < 1.29 is 4.79 Å². The third-order valence-electron chi connectivity index (χ3n) is 7.54. The zero-order valence-corrected chi connectivity index (χ0v) is 21.5. The first kappa shape index (κ1) is 23.6. The van der Waals surface area contributed by atoms with Crippen LogP contribution in [0.4, 0.5) is 0 Å². The van der Waals surface area contributed by atoms with Crippen LogP contribution in [0.2, 0.25) is 0 Å². The molecule has 0 amide bonds. The van der Waals surface area contributed by atoms with Crippen LogP contribution in [0.25, 0.3) is 22.2 Å². The predicted octanol–water partition coefficient (Wildman–Crippen LogP) is 7.97. The van der Waals surface area contributed by atoms with E-state index in [4.69, 9.17) is 4.98 Å². The van der Waals surface area contributed by atoms with Crippen molar-refractivity contribution in [3.63, 3.8) is 0 Å². The third kappa shape index (κ3) is 3.75. The molecule has 0 aliphatic rings. The summed E-state index contributed by atoms with van der Waals surface area (Å²) in [5, 5.41) is 0. The van der Waals surface area contributed by atoms with Gasteiger partial charge in [-0.15, -0.1) is 0 Å². The number of carbonyl (C=O) groups excluding carboxylic acids is 1. The number of aldehydes is 1. The summed E-state index contributed by atoms with van der Waals surface area (Å²) in [6.45, 7) is 4.12. The monoisotopic (exact) mass is 492 g/mol. The Hall–Kier alpha value is -4.76. The molecule has 1 heterocycles. The summed E-state index contributed by atoms with van der Waals surface area (Å²) in [6.07, 6.45) is 2.88. The van der Waals surface area contributed by atoms with Gasteiger partial charge in [0.05, 0.1) is 17.4 Å². The van der Waals surface area contributed by atoms with Crippen LogP contribution in [-0.4, -0.2) is 15.8 Å². The summed E-state index contributed by atoms with van der Waals surface area (Å²) in [7, 11) is 0. The minimum absolute atomic E-state index is 0.616. The third-order valence-corrected chi connectivity index (χ3v) is 7.54. The second kappa shape index (κ2) is 9.60. The second-order valence-electron chi connectivity index (χ2n) is 9.77. The number of nitrogens with zero attached hydrogens (tertiary/aromatic N) is 2. The second-order valence-corrected chi connectivity index (χ2v) is 9.77. The van der Waals surface area contributed by atoms with Crippen LogP contribution in [-0.2, 0) is 5.54 Å². The summed E-state index contributed by atoms with van der Waals surface area (Å²) >= 11 is 0. The zero-order valence-electron chi connectivity index (χ0n) is 21.5. The first-order chi connectivity index (χ1) is 18.6. The van der Waals surface area contributed by atoms with Crippen molar-refractivity contribution in [1.82, 2.24) is 9.55 Å². The molecule has 5 aromatic carbocycles. The van der Waals surface area contributed by atoms with Crippen LogP contribution in [0.15, 0.2) is 128 Å². The van der Waals surface area contributed by atoms with E-state index in [-0.39, 0.29) is 0 Å². The topological polar surface area (TPSA) is 34.9 Å². The average molecular weight is 493 g/mol. The Balaban J connectivity index is 1.65. The number of hydrogen-bond acceptors (Lipinski definition) is 2. The maximum atomic E-state index is 11.4. The zero-order chi connectivity index (χ0) is 26.1. The number of aryl methyl sites for hydroxylation is 2. The molecule has 0 aliphatic heterocycles. The molecule has 0 atom stereocenters. The first-order valence-electron chi connectivity index (χ1n) is 12.8. The fourth-order valence-corrected chi connectivity index (χ4v) is 5.67. The Morgan fingerprint density at radius 1 is 0.658 bits per heavy atom. The first-order valence-corrected chi connectivity index (χ1v) is 12.8. The molecule has 0 N–H and O–H groups in total. The van der Waals surface area contributed by atoms with E-state index >= 15 is 0 Å². The van der Waals surface area contributed by atoms with E-state index < -0.39 is 5.54 Å². The fraction of sp³-hybridized carbons (Fsp3) is 0.0857. The molecule has 6 aromatic rings. The summed E-state index contributed by atoms with van der Waals surface area (Å²) in [6, 6.07) is 42.4. The molecular formula is C35H28N2O. The van der Waals surface area contributed by atoms with E-state index in [0.717, 1.165) is 45.1 Å². The lowest BCUT2D eigenvalue weighted by atomic mass is 9.76. The van der Waals surface area contributed by atoms with Gasteiger partial charge in [0.25, 0.3) is 0 Å². The summed E-state index contributed by atoms with van der Waals surface area (Å²) < 4.78 is 2.32. The summed E-state index contributed by atoms with van der Waals surface area (Å²) in [5.74, 6) is 0. The van der Waals surface area contributed by atoms with E-state index in [0.29, 0.717) is 0 Å². The molecule has 1 aromatic heterocycles. The standard InChI is InChI=1S/C35H28N2O/c1-25-20-27(18-19-28(25)23-38)32-22-33-34(21-26(32)2)37(24-36-33)35(29-12-6-3-7-13-29,30-14-8-4-9-15-30)31-16-10-5-11-17-31/h3-24H,1-2H3. The highest BCUT2D eigenvalue weighted by Crippen LogP contribution is 2.43. The Bertz CT molecular complexity index is 1640. The molecule has 0 unspecified atom stereocenters. The van der Waals surface area contributed by atoms with E-state index in [1.165, 1.54) is 16.7 Å². The molecule has 3 heteroatoms. The minimum atomic E-state index is -0.616. The van der Waals surface area contributed by atoms with Crippen molar-refractivity contribution in [3.8, 4) is 11.1 Å². The van der Waals surface area contributed by atoms with Gasteiger partial charge in [-0.2, -0.15) is 0 Å². The number of rotatable bonds is 6. The van der Waals surface area contributed by atoms with Crippen LogP contribution in [0.1, 0.15) is 38.2 Å². The largest absolute Gasteiger partial charge is 0.312 e. The molecule has 0 spiro atoms. The van der Waals surface area contributed by atoms with Crippen molar-refractivity contribution in [3.05, 3.63) is 161 Å². The number of carbonyl (C=O) groups is 1. The molecule has 0 saturated heterocycles. The Morgan fingerprint density at radius 3 is 1.71 bits per heavy atom. The highest BCUT2D eigenvalue weighted by atomic mass is 16.1. The Morgan fingerprint density at radius 2 is 1.21 bits per heavy atom. The van der Waals surface area contributed by atoms with E-state index in [9.17, 15) is 4.79 Å². The molecule has 0 radical (unpaired) electrons. The van der Waals surface area contributed by atoms with Crippen molar-refractivity contribution in [1.29, 1.82) is 0 Å².